The largest absolute Gasteiger partial charge is 0.493 e. The summed E-state index contributed by atoms with van der Waals surface area (Å²) in [4.78, 5) is 0. The van der Waals surface area contributed by atoms with Gasteiger partial charge in [0.15, 0.2) is 0 Å². The van der Waals surface area contributed by atoms with E-state index in [0.717, 1.165) is 34.9 Å². The van der Waals surface area contributed by atoms with E-state index in [0.29, 0.717) is 12.4 Å². The number of aromatic nitrogens is 2. The molecule has 0 aliphatic carbocycles. The van der Waals surface area contributed by atoms with Crippen LogP contribution in [0.25, 0.3) is 0 Å². The molecule has 4 nitrogen and oxygen atoms in total. The van der Waals surface area contributed by atoms with E-state index in [9.17, 15) is 0 Å². The number of ether oxygens (including phenoxy) is 1. The normalized spacial score (nSPS) is 10.7. The first-order valence-corrected chi connectivity index (χ1v) is 6.62. The molecule has 0 saturated carbocycles. The number of anilines is 1. The highest BCUT2D eigenvalue weighted by Gasteiger charge is 2.05. The number of hydrogen-bond donors (Lipinski definition) is 1. The van der Waals surface area contributed by atoms with Gasteiger partial charge in [-0.15, -0.1) is 0 Å². The van der Waals surface area contributed by atoms with Gasteiger partial charge in [-0.25, -0.2) is 0 Å². The molecule has 2 rings (SSSR count). The topological polar surface area (TPSA) is 53.1 Å². The zero-order valence-electron chi connectivity index (χ0n) is 11.2. The number of hydrogen-bond acceptors (Lipinski definition) is 3. The van der Waals surface area contributed by atoms with E-state index in [-0.39, 0.29) is 0 Å². The van der Waals surface area contributed by atoms with Crippen molar-refractivity contribution in [3.63, 3.8) is 0 Å². The zero-order chi connectivity index (χ0) is 13.8. The molecule has 0 bridgehead atoms. The van der Waals surface area contributed by atoms with Gasteiger partial charge in [-0.05, 0) is 43.2 Å². The molecule has 2 N–H and O–H groups in total. The lowest BCUT2D eigenvalue weighted by atomic mass is 10.1. The smallest absolute Gasteiger partial charge is 0.145 e. The molecule has 102 valence electrons. The number of nitrogens with two attached hydrogens (primary N) is 1. The Balaban J connectivity index is 1.86. The number of nitrogens with zero attached hydrogens (tertiary/aromatic N) is 2. The predicted molar refractivity (Wildman–Crippen MR) is 77.7 cm³/mol. The van der Waals surface area contributed by atoms with Gasteiger partial charge in [-0.1, -0.05) is 11.6 Å². The second kappa shape index (κ2) is 5.97. The van der Waals surface area contributed by atoms with Gasteiger partial charge in [-0.3, -0.25) is 4.68 Å². The van der Waals surface area contributed by atoms with Crippen LogP contribution in [0.5, 0.6) is 5.75 Å². The third-order valence-corrected chi connectivity index (χ3v) is 3.08. The maximum atomic E-state index is 5.99. The molecule has 1 aromatic carbocycles. The Morgan fingerprint density at radius 3 is 2.58 bits per heavy atom. The minimum atomic E-state index is 0.547. The number of halogens is 1. The van der Waals surface area contributed by atoms with Crippen molar-refractivity contribution in [3.8, 4) is 5.75 Å². The molecule has 0 amide bonds. The van der Waals surface area contributed by atoms with E-state index >= 15 is 0 Å². The molecule has 0 saturated heterocycles. The van der Waals surface area contributed by atoms with Gasteiger partial charge < -0.3 is 10.5 Å². The van der Waals surface area contributed by atoms with Crippen LogP contribution in [0.1, 0.15) is 17.5 Å². The Kier molecular flexibility index (Phi) is 4.32. The zero-order valence-corrected chi connectivity index (χ0v) is 11.9. The lowest BCUT2D eigenvalue weighted by molar-refractivity contribution is 0.295. The van der Waals surface area contributed by atoms with E-state index < -0.39 is 0 Å². The second-order valence-corrected chi connectivity index (χ2v) is 5.01. The highest BCUT2D eigenvalue weighted by molar-refractivity contribution is 6.30. The maximum absolute atomic E-state index is 5.99. The average molecular weight is 280 g/mol. The summed E-state index contributed by atoms with van der Waals surface area (Å²) in [7, 11) is 0. The summed E-state index contributed by atoms with van der Waals surface area (Å²) in [5.74, 6) is 1.47. The fraction of sp³-hybridized carbons (Fsp3) is 0.357. The number of aryl methyl sites for hydroxylation is 3. The Bertz CT molecular complexity index is 543. The molecule has 1 heterocycles. The fourth-order valence-electron chi connectivity index (χ4n) is 2.03. The lowest BCUT2D eigenvalue weighted by Gasteiger charge is -2.12. The minimum Gasteiger partial charge on any atom is -0.493 e. The summed E-state index contributed by atoms with van der Waals surface area (Å²) in [6, 6.07) is 5.62. The quantitative estimate of drug-likeness (QED) is 0.855. The summed E-state index contributed by atoms with van der Waals surface area (Å²) >= 11 is 5.99. The highest BCUT2D eigenvalue weighted by atomic mass is 35.5. The van der Waals surface area contributed by atoms with Crippen LogP contribution in [-0.2, 0) is 6.54 Å². The summed E-state index contributed by atoms with van der Waals surface area (Å²) in [5, 5.41) is 4.87. The van der Waals surface area contributed by atoms with E-state index in [1.165, 1.54) is 0 Å². The molecule has 0 aliphatic rings. The molecule has 0 fully saturated rings. The van der Waals surface area contributed by atoms with Crippen molar-refractivity contribution in [1.29, 1.82) is 0 Å². The Labute approximate surface area is 118 Å². The lowest BCUT2D eigenvalue weighted by Crippen LogP contribution is -2.06. The standard InChI is InChI=1S/C14H18ClN3O/c1-10-8-12(15)9-11(2)14(10)19-7-3-5-18-6-4-13(16)17-18/h4,6,8-9H,3,5,7H2,1-2H3,(H2,16,17). The van der Waals surface area contributed by atoms with Crippen LogP contribution in [0, 0.1) is 13.8 Å². The molecule has 2 aromatic rings. The second-order valence-electron chi connectivity index (χ2n) is 4.57. The van der Waals surface area contributed by atoms with Crippen molar-refractivity contribution >= 4 is 17.4 Å². The third kappa shape index (κ3) is 3.64. The van der Waals surface area contributed by atoms with Crippen molar-refractivity contribution in [2.75, 3.05) is 12.3 Å². The molecule has 1 aromatic heterocycles. The first-order chi connectivity index (χ1) is 9.06. The number of rotatable bonds is 5. The van der Waals surface area contributed by atoms with Gasteiger partial charge in [0.05, 0.1) is 6.61 Å². The van der Waals surface area contributed by atoms with Crippen molar-refractivity contribution in [2.24, 2.45) is 0 Å². The monoisotopic (exact) mass is 279 g/mol. The Morgan fingerprint density at radius 2 is 2.00 bits per heavy atom. The first kappa shape index (κ1) is 13.7. The third-order valence-electron chi connectivity index (χ3n) is 2.86. The average Bonchev–Trinajstić information content (AvgIpc) is 2.73. The van der Waals surface area contributed by atoms with Crippen LogP contribution < -0.4 is 10.5 Å². The highest BCUT2D eigenvalue weighted by Crippen LogP contribution is 2.27. The minimum absolute atomic E-state index is 0.547. The molecule has 0 radical (unpaired) electrons. The molecule has 5 heteroatoms. The summed E-state index contributed by atoms with van der Waals surface area (Å²) in [6.07, 6.45) is 2.75. The van der Waals surface area contributed by atoms with Crippen LogP contribution >= 0.6 is 11.6 Å². The molecule has 0 aliphatic heterocycles. The fourth-order valence-corrected chi connectivity index (χ4v) is 2.36. The van der Waals surface area contributed by atoms with Crippen molar-refractivity contribution < 1.29 is 4.74 Å². The first-order valence-electron chi connectivity index (χ1n) is 6.25. The van der Waals surface area contributed by atoms with Crippen molar-refractivity contribution in [3.05, 3.63) is 40.5 Å². The van der Waals surface area contributed by atoms with Gasteiger partial charge in [-0.2, -0.15) is 5.10 Å². The van der Waals surface area contributed by atoms with Gasteiger partial charge in [0.2, 0.25) is 0 Å². The van der Waals surface area contributed by atoms with Crippen LogP contribution in [0.3, 0.4) is 0 Å². The van der Waals surface area contributed by atoms with E-state index in [1.54, 1.807) is 6.07 Å². The van der Waals surface area contributed by atoms with Gasteiger partial charge in [0, 0.05) is 24.2 Å². The predicted octanol–water partition coefficient (Wildman–Crippen LogP) is 3.20. The van der Waals surface area contributed by atoms with Crippen molar-refractivity contribution in [1.82, 2.24) is 9.78 Å². The van der Waals surface area contributed by atoms with Crippen molar-refractivity contribution in [2.45, 2.75) is 26.8 Å². The maximum Gasteiger partial charge on any atom is 0.145 e. The van der Waals surface area contributed by atoms with Crippen LogP contribution in [0.4, 0.5) is 5.82 Å². The van der Waals surface area contributed by atoms with Gasteiger partial charge in [0.25, 0.3) is 0 Å². The Hall–Kier alpha value is -1.68. The number of nitrogen functional groups attached to an aromatic ring is 1. The summed E-state index contributed by atoms with van der Waals surface area (Å²) < 4.78 is 7.64. The molecule has 0 unspecified atom stereocenters. The molecule has 19 heavy (non-hydrogen) atoms. The molecular weight excluding hydrogens is 262 g/mol. The van der Waals surface area contributed by atoms with Crippen LogP contribution in [-0.4, -0.2) is 16.4 Å². The Morgan fingerprint density at radius 1 is 1.32 bits per heavy atom. The SMILES string of the molecule is Cc1cc(Cl)cc(C)c1OCCCn1ccc(N)n1. The summed E-state index contributed by atoms with van der Waals surface area (Å²) in [6.45, 7) is 5.44. The molecular formula is C14H18ClN3O. The van der Waals surface area contributed by atoms with E-state index in [1.807, 2.05) is 36.9 Å². The van der Waals surface area contributed by atoms with E-state index in [2.05, 4.69) is 5.10 Å². The summed E-state index contributed by atoms with van der Waals surface area (Å²) in [5.41, 5.74) is 7.68. The molecule has 0 atom stereocenters. The molecule has 0 spiro atoms. The van der Waals surface area contributed by atoms with E-state index in [4.69, 9.17) is 22.1 Å². The van der Waals surface area contributed by atoms with Crippen LogP contribution in [0.2, 0.25) is 5.02 Å². The van der Waals surface area contributed by atoms with Gasteiger partial charge >= 0.3 is 0 Å². The number of benzene rings is 1. The van der Waals surface area contributed by atoms with Crippen LogP contribution in [0.15, 0.2) is 24.4 Å². The van der Waals surface area contributed by atoms with Gasteiger partial charge in [0.1, 0.15) is 11.6 Å².